The minimum absolute atomic E-state index is 0.106. The number of aromatic nitrogens is 1. The second-order valence-corrected chi connectivity index (χ2v) is 9.20. The van der Waals surface area contributed by atoms with Crippen LogP contribution < -0.4 is 10.6 Å². The Morgan fingerprint density at radius 2 is 2.04 bits per heavy atom. The Labute approximate surface area is 157 Å². The highest BCUT2D eigenvalue weighted by Gasteiger charge is 2.27. The first-order valence-electron chi connectivity index (χ1n) is 8.24. The number of pyridine rings is 1. The zero-order valence-corrected chi connectivity index (χ0v) is 16.1. The van der Waals surface area contributed by atoms with Crippen LogP contribution >= 0.6 is 11.6 Å². The van der Waals surface area contributed by atoms with Gasteiger partial charge in [0.15, 0.2) is 9.84 Å². The van der Waals surface area contributed by atoms with Crippen LogP contribution in [0.4, 0.5) is 11.4 Å². The van der Waals surface area contributed by atoms with Crippen molar-refractivity contribution in [2.24, 2.45) is 0 Å². The monoisotopic (exact) mass is 393 g/mol. The smallest absolute Gasteiger partial charge is 0.274 e. The standard InChI is InChI=1S/C18H20ClN3O3S/c1-11-7-12(2)17(15(19)8-11)22-18(23)16-9-13(3-5-20-16)21-14-4-6-26(24,25)10-14/h3,5,7-9,14H,4,6,10H2,1-2H3,(H,20,21)(H,22,23). The van der Waals surface area contributed by atoms with Crippen LogP contribution in [0, 0.1) is 13.8 Å². The molecular weight excluding hydrogens is 374 g/mol. The number of anilines is 2. The maximum Gasteiger partial charge on any atom is 0.274 e. The van der Waals surface area contributed by atoms with E-state index in [9.17, 15) is 13.2 Å². The molecule has 138 valence electrons. The fourth-order valence-corrected chi connectivity index (χ4v) is 5.08. The van der Waals surface area contributed by atoms with Crippen molar-refractivity contribution in [2.45, 2.75) is 26.3 Å². The molecule has 1 aromatic carbocycles. The summed E-state index contributed by atoms with van der Waals surface area (Å²) < 4.78 is 23.1. The highest BCUT2D eigenvalue weighted by atomic mass is 35.5. The highest BCUT2D eigenvalue weighted by molar-refractivity contribution is 7.91. The van der Waals surface area contributed by atoms with Gasteiger partial charge < -0.3 is 10.6 Å². The number of aryl methyl sites for hydroxylation is 2. The van der Waals surface area contributed by atoms with E-state index in [1.54, 1.807) is 18.2 Å². The molecule has 0 saturated carbocycles. The van der Waals surface area contributed by atoms with Gasteiger partial charge in [-0.1, -0.05) is 17.7 Å². The molecule has 0 radical (unpaired) electrons. The van der Waals surface area contributed by atoms with Crippen LogP contribution in [0.1, 0.15) is 28.0 Å². The number of carbonyl (C=O) groups is 1. The Morgan fingerprint density at radius 1 is 1.27 bits per heavy atom. The summed E-state index contributed by atoms with van der Waals surface area (Å²) >= 11 is 6.23. The first kappa shape index (κ1) is 18.7. The van der Waals surface area contributed by atoms with Gasteiger partial charge in [-0.05, 0) is 49.6 Å². The Hall–Kier alpha value is -2.12. The number of halogens is 1. The lowest BCUT2D eigenvalue weighted by Gasteiger charge is -2.14. The number of sulfone groups is 1. The number of benzene rings is 1. The van der Waals surface area contributed by atoms with Crippen LogP contribution in [-0.2, 0) is 9.84 Å². The summed E-state index contributed by atoms with van der Waals surface area (Å²) in [6, 6.07) is 6.90. The van der Waals surface area contributed by atoms with E-state index in [2.05, 4.69) is 15.6 Å². The van der Waals surface area contributed by atoms with Crippen LogP contribution in [0.25, 0.3) is 0 Å². The third-order valence-corrected chi connectivity index (χ3v) is 6.33. The van der Waals surface area contributed by atoms with Gasteiger partial charge in [0.05, 0.1) is 22.2 Å². The summed E-state index contributed by atoms with van der Waals surface area (Å²) in [7, 11) is -2.97. The number of carbonyl (C=O) groups excluding carboxylic acids is 1. The van der Waals surface area contributed by atoms with Gasteiger partial charge in [0.1, 0.15) is 5.69 Å². The van der Waals surface area contributed by atoms with E-state index in [0.29, 0.717) is 22.8 Å². The summed E-state index contributed by atoms with van der Waals surface area (Å²) in [5.74, 6) is -0.0786. The fraction of sp³-hybridized carbons (Fsp3) is 0.333. The molecule has 3 rings (SSSR count). The predicted octanol–water partition coefficient (Wildman–Crippen LogP) is 3.20. The summed E-state index contributed by atoms with van der Waals surface area (Å²) in [5, 5.41) is 6.43. The number of hydrogen-bond acceptors (Lipinski definition) is 5. The lowest BCUT2D eigenvalue weighted by atomic mass is 10.1. The Kier molecular flexibility index (Phi) is 5.20. The topological polar surface area (TPSA) is 88.2 Å². The molecular formula is C18H20ClN3O3S. The molecule has 0 aliphatic carbocycles. The second-order valence-electron chi connectivity index (χ2n) is 6.57. The normalized spacial score (nSPS) is 18.5. The molecule has 6 nitrogen and oxygen atoms in total. The van der Waals surface area contributed by atoms with Gasteiger partial charge in [0.2, 0.25) is 0 Å². The van der Waals surface area contributed by atoms with Gasteiger partial charge in [-0.25, -0.2) is 8.42 Å². The molecule has 1 aliphatic rings. The average molecular weight is 394 g/mol. The number of rotatable bonds is 4. The van der Waals surface area contributed by atoms with Gasteiger partial charge in [-0.3, -0.25) is 9.78 Å². The Bertz CT molecular complexity index is 937. The molecule has 8 heteroatoms. The van der Waals surface area contributed by atoms with Crippen molar-refractivity contribution >= 4 is 38.7 Å². The van der Waals surface area contributed by atoms with Crippen molar-refractivity contribution in [1.29, 1.82) is 0 Å². The molecule has 1 unspecified atom stereocenters. The van der Waals surface area contributed by atoms with Crippen molar-refractivity contribution < 1.29 is 13.2 Å². The Balaban J connectivity index is 1.75. The number of nitrogens with one attached hydrogen (secondary N) is 2. The van der Waals surface area contributed by atoms with E-state index in [4.69, 9.17) is 11.6 Å². The molecule has 1 saturated heterocycles. The summed E-state index contributed by atoms with van der Waals surface area (Å²) in [4.78, 5) is 16.6. The molecule has 1 aliphatic heterocycles. The fourth-order valence-electron chi connectivity index (χ4n) is 3.04. The number of nitrogens with zero attached hydrogens (tertiary/aromatic N) is 1. The summed E-state index contributed by atoms with van der Waals surface area (Å²) in [6.45, 7) is 3.81. The van der Waals surface area contributed by atoms with E-state index in [1.807, 2.05) is 19.9 Å². The van der Waals surface area contributed by atoms with E-state index in [-0.39, 0.29) is 29.1 Å². The zero-order chi connectivity index (χ0) is 18.9. The van der Waals surface area contributed by atoms with Crippen molar-refractivity contribution in [3.63, 3.8) is 0 Å². The largest absolute Gasteiger partial charge is 0.381 e. The minimum Gasteiger partial charge on any atom is -0.381 e. The highest BCUT2D eigenvalue weighted by Crippen LogP contribution is 2.28. The number of hydrogen-bond donors (Lipinski definition) is 2. The maximum atomic E-state index is 12.5. The second kappa shape index (κ2) is 7.25. The summed E-state index contributed by atoms with van der Waals surface area (Å²) in [6.07, 6.45) is 2.08. The van der Waals surface area contributed by atoms with Crippen LogP contribution in [0.2, 0.25) is 5.02 Å². The molecule has 0 spiro atoms. The first-order valence-corrected chi connectivity index (χ1v) is 10.4. The first-order chi connectivity index (χ1) is 12.2. The van der Waals surface area contributed by atoms with Crippen molar-refractivity contribution in [1.82, 2.24) is 4.98 Å². The molecule has 1 fully saturated rings. The van der Waals surface area contributed by atoms with Gasteiger partial charge in [0.25, 0.3) is 5.91 Å². The molecule has 1 atom stereocenters. The third-order valence-electron chi connectivity index (χ3n) is 4.27. The molecule has 2 aromatic rings. The van der Waals surface area contributed by atoms with Gasteiger partial charge in [-0.15, -0.1) is 0 Å². The molecule has 0 bridgehead atoms. The summed E-state index contributed by atoms with van der Waals surface area (Å²) in [5.41, 5.74) is 3.34. The predicted molar refractivity (Wildman–Crippen MR) is 104 cm³/mol. The lowest BCUT2D eigenvalue weighted by Crippen LogP contribution is -2.21. The quantitative estimate of drug-likeness (QED) is 0.832. The maximum absolute atomic E-state index is 12.5. The van der Waals surface area contributed by atoms with Crippen molar-refractivity contribution in [3.05, 3.63) is 52.3 Å². The Morgan fingerprint density at radius 3 is 2.69 bits per heavy atom. The molecule has 26 heavy (non-hydrogen) atoms. The van der Waals surface area contributed by atoms with Crippen molar-refractivity contribution in [3.8, 4) is 0 Å². The third kappa shape index (κ3) is 4.34. The van der Waals surface area contributed by atoms with Gasteiger partial charge in [0, 0.05) is 17.9 Å². The van der Waals surface area contributed by atoms with Crippen LogP contribution in [0.15, 0.2) is 30.5 Å². The van der Waals surface area contributed by atoms with Crippen LogP contribution in [0.3, 0.4) is 0 Å². The van der Waals surface area contributed by atoms with E-state index in [1.165, 1.54) is 6.20 Å². The number of amides is 1. The van der Waals surface area contributed by atoms with E-state index >= 15 is 0 Å². The van der Waals surface area contributed by atoms with Gasteiger partial charge in [-0.2, -0.15) is 0 Å². The molecule has 2 heterocycles. The average Bonchev–Trinajstić information content (AvgIpc) is 2.89. The minimum atomic E-state index is -2.97. The SMILES string of the molecule is Cc1cc(C)c(NC(=O)c2cc(NC3CCS(=O)(=O)C3)ccn2)c(Cl)c1. The van der Waals surface area contributed by atoms with Gasteiger partial charge >= 0.3 is 0 Å². The zero-order valence-electron chi connectivity index (χ0n) is 14.5. The van der Waals surface area contributed by atoms with E-state index in [0.717, 1.165) is 11.1 Å². The van der Waals surface area contributed by atoms with Crippen LogP contribution in [0.5, 0.6) is 0 Å². The molecule has 2 N–H and O–H groups in total. The molecule has 1 amide bonds. The molecule has 1 aromatic heterocycles. The lowest BCUT2D eigenvalue weighted by molar-refractivity contribution is 0.102. The van der Waals surface area contributed by atoms with Crippen LogP contribution in [-0.4, -0.2) is 36.9 Å². The van der Waals surface area contributed by atoms with E-state index < -0.39 is 9.84 Å². The van der Waals surface area contributed by atoms with Crippen molar-refractivity contribution in [2.75, 3.05) is 22.1 Å².